The summed E-state index contributed by atoms with van der Waals surface area (Å²) in [5.74, 6) is -0.941. The zero-order valence-corrected chi connectivity index (χ0v) is 17.7. The first-order valence-corrected chi connectivity index (χ1v) is 10.4. The molecule has 1 aromatic heterocycles. The Morgan fingerprint density at radius 3 is 2.53 bits per heavy atom. The van der Waals surface area contributed by atoms with E-state index in [0.29, 0.717) is 6.54 Å². The van der Waals surface area contributed by atoms with Crippen molar-refractivity contribution >= 4 is 23.4 Å². The van der Waals surface area contributed by atoms with Gasteiger partial charge in [-0.25, -0.2) is 18.2 Å². The first kappa shape index (κ1) is 23.8. The molecule has 1 saturated carbocycles. The minimum absolute atomic E-state index is 0.00670. The Kier molecular flexibility index (Phi) is 8.26. The normalized spacial score (nSPS) is 18.3. The van der Waals surface area contributed by atoms with Crippen LogP contribution in [0.5, 0.6) is 5.75 Å². The molecule has 1 aliphatic rings. The molecule has 7 nitrogen and oxygen atoms in total. The van der Waals surface area contributed by atoms with E-state index >= 15 is 0 Å². The highest BCUT2D eigenvalue weighted by Crippen LogP contribution is 2.24. The van der Waals surface area contributed by atoms with E-state index in [1.165, 1.54) is 12.1 Å². The third-order valence-electron chi connectivity index (χ3n) is 5.15. The smallest absolute Gasteiger partial charge is 0.281 e. The van der Waals surface area contributed by atoms with Crippen molar-refractivity contribution in [3.05, 3.63) is 52.8 Å². The highest BCUT2D eigenvalue weighted by molar-refractivity contribution is 6.30. The maximum atomic E-state index is 13.4. The molecule has 2 N–H and O–H groups in total. The Hall–Kier alpha value is -2.88. The molecule has 32 heavy (non-hydrogen) atoms. The number of nitrogens with one attached hydrogen (secondary N) is 2. The molecule has 0 bridgehead atoms. The van der Waals surface area contributed by atoms with E-state index in [0.717, 1.165) is 44.1 Å². The van der Waals surface area contributed by atoms with Crippen LogP contribution >= 0.6 is 11.6 Å². The topological polar surface area (TPSA) is 93.2 Å². The highest BCUT2D eigenvalue weighted by atomic mass is 35.5. The lowest BCUT2D eigenvalue weighted by Gasteiger charge is -2.29. The largest absolute Gasteiger partial charge is 0.484 e. The number of carbonyl (C=O) groups is 2. The van der Waals surface area contributed by atoms with E-state index in [4.69, 9.17) is 16.3 Å². The van der Waals surface area contributed by atoms with E-state index in [1.54, 1.807) is 0 Å². The van der Waals surface area contributed by atoms with Crippen LogP contribution in [0.4, 0.5) is 13.2 Å². The third kappa shape index (κ3) is 6.81. The van der Waals surface area contributed by atoms with Crippen molar-refractivity contribution in [2.45, 2.75) is 38.2 Å². The van der Waals surface area contributed by atoms with Crippen molar-refractivity contribution in [1.82, 2.24) is 20.6 Å². The number of halogens is 4. The van der Waals surface area contributed by atoms with Gasteiger partial charge in [-0.1, -0.05) is 11.6 Å². The van der Waals surface area contributed by atoms with Gasteiger partial charge in [0, 0.05) is 18.7 Å². The number of rotatable bonds is 8. The molecule has 11 heteroatoms. The second kappa shape index (κ2) is 11.1. The molecule has 1 heterocycles. The second-order valence-electron chi connectivity index (χ2n) is 7.49. The summed E-state index contributed by atoms with van der Waals surface area (Å²) in [5, 5.41) is 5.61. The Bertz CT molecular complexity index is 938. The first-order chi connectivity index (χ1) is 15.3. The van der Waals surface area contributed by atoms with Crippen LogP contribution < -0.4 is 15.4 Å². The van der Waals surface area contributed by atoms with Crippen molar-refractivity contribution in [3.63, 3.8) is 0 Å². The number of hydrogen-bond acceptors (Lipinski definition) is 5. The molecule has 172 valence electrons. The molecule has 3 rings (SSSR count). The van der Waals surface area contributed by atoms with Gasteiger partial charge in [-0.3, -0.25) is 14.6 Å². The predicted molar refractivity (Wildman–Crippen MR) is 110 cm³/mol. The number of carbonyl (C=O) groups excluding carboxylic acids is 2. The maximum absolute atomic E-state index is 13.4. The molecule has 0 unspecified atom stereocenters. The fourth-order valence-electron chi connectivity index (χ4n) is 3.39. The second-order valence-corrected chi connectivity index (χ2v) is 7.89. The van der Waals surface area contributed by atoms with Gasteiger partial charge in [0.15, 0.2) is 6.61 Å². The summed E-state index contributed by atoms with van der Waals surface area (Å²) < 4.78 is 43.7. The highest BCUT2D eigenvalue weighted by Gasteiger charge is 2.23. The summed E-state index contributed by atoms with van der Waals surface area (Å²) in [6, 6.07) is 3.95. The molecule has 1 aromatic carbocycles. The molecular weight excluding hydrogens is 449 g/mol. The Balaban J connectivity index is 1.35. The standard InChI is InChI=1S/C21H22ClF3N4O3/c22-15-6-5-14(7-16(15)23)32-11-19(30)29-13-3-1-12(2-4-13)8-28-21(31)18-10-26-17(9-27-18)20(24)25/h5-7,9-10,12-13,20H,1-4,8,11H2,(H,28,31)(H,29,30)/t12-,13-. The van der Waals surface area contributed by atoms with Crippen molar-refractivity contribution in [1.29, 1.82) is 0 Å². The van der Waals surface area contributed by atoms with Gasteiger partial charge in [-0.05, 0) is 43.7 Å². The van der Waals surface area contributed by atoms with Crippen LogP contribution in [0.15, 0.2) is 30.6 Å². The van der Waals surface area contributed by atoms with E-state index in [9.17, 15) is 22.8 Å². The summed E-state index contributed by atoms with van der Waals surface area (Å²) in [4.78, 5) is 31.4. The average Bonchev–Trinajstić information content (AvgIpc) is 2.79. The minimum Gasteiger partial charge on any atom is -0.484 e. The Morgan fingerprint density at radius 1 is 1.16 bits per heavy atom. The first-order valence-electron chi connectivity index (χ1n) is 10.1. The van der Waals surface area contributed by atoms with Crippen molar-refractivity contribution in [3.8, 4) is 5.75 Å². The van der Waals surface area contributed by atoms with Crippen LogP contribution in [0.25, 0.3) is 0 Å². The lowest BCUT2D eigenvalue weighted by atomic mass is 9.86. The number of amides is 2. The fourth-order valence-corrected chi connectivity index (χ4v) is 3.51. The predicted octanol–water partition coefficient (Wildman–Crippen LogP) is 3.69. The molecule has 0 aliphatic heterocycles. The molecule has 2 aromatic rings. The molecule has 0 radical (unpaired) electrons. The Morgan fingerprint density at radius 2 is 1.91 bits per heavy atom. The summed E-state index contributed by atoms with van der Waals surface area (Å²) >= 11 is 5.61. The average molecular weight is 471 g/mol. The van der Waals surface area contributed by atoms with Gasteiger partial charge in [0.1, 0.15) is 23.0 Å². The number of ether oxygens (including phenoxy) is 1. The summed E-state index contributed by atoms with van der Waals surface area (Å²) in [5.41, 5.74) is -0.497. The van der Waals surface area contributed by atoms with E-state index in [1.807, 2.05) is 0 Å². The zero-order chi connectivity index (χ0) is 23.1. The van der Waals surface area contributed by atoms with Crippen LogP contribution in [0.2, 0.25) is 5.02 Å². The molecular formula is C21H22ClF3N4O3. The SMILES string of the molecule is O=C(COc1ccc(Cl)c(F)c1)N[C@H]1CC[C@H](CNC(=O)c2cnc(C(F)F)cn2)CC1. The van der Waals surface area contributed by atoms with Gasteiger partial charge in [0.05, 0.1) is 17.4 Å². The molecule has 0 saturated heterocycles. The molecule has 0 atom stereocenters. The number of benzene rings is 1. The van der Waals surface area contributed by atoms with Crippen molar-refractivity contribution in [2.75, 3.05) is 13.2 Å². The summed E-state index contributed by atoms with van der Waals surface area (Å²) in [6.45, 7) is 0.186. The molecule has 1 aliphatic carbocycles. The fraction of sp³-hybridized carbons (Fsp3) is 0.429. The summed E-state index contributed by atoms with van der Waals surface area (Å²) in [6.07, 6.45) is 2.26. The number of hydrogen-bond donors (Lipinski definition) is 2. The van der Waals surface area contributed by atoms with Crippen LogP contribution in [-0.2, 0) is 4.79 Å². The van der Waals surface area contributed by atoms with Crippen molar-refractivity contribution in [2.24, 2.45) is 5.92 Å². The third-order valence-corrected chi connectivity index (χ3v) is 5.46. The number of aromatic nitrogens is 2. The number of alkyl halides is 2. The molecule has 2 amide bonds. The minimum atomic E-state index is -2.73. The van der Waals surface area contributed by atoms with Crippen molar-refractivity contribution < 1.29 is 27.5 Å². The van der Waals surface area contributed by atoms with Crippen LogP contribution in [0, 0.1) is 11.7 Å². The summed E-state index contributed by atoms with van der Waals surface area (Å²) in [7, 11) is 0. The maximum Gasteiger partial charge on any atom is 0.281 e. The lowest BCUT2D eigenvalue weighted by molar-refractivity contribution is -0.124. The number of nitrogens with zero attached hydrogens (tertiary/aromatic N) is 2. The van der Waals surface area contributed by atoms with Crippen LogP contribution in [-0.4, -0.2) is 41.0 Å². The monoisotopic (exact) mass is 470 g/mol. The Labute approximate surface area is 187 Å². The van der Waals surface area contributed by atoms with Gasteiger partial charge in [-0.15, -0.1) is 0 Å². The zero-order valence-electron chi connectivity index (χ0n) is 17.0. The van der Waals surface area contributed by atoms with Gasteiger partial charge < -0.3 is 15.4 Å². The van der Waals surface area contributed by atoms with Gasteiger partial charge in [0.2, 0.25) is 0 Å². The van der Waals surface area contributed by atoms with E-state index in [-0.39, 0.29) is 40.9 Å². The van der Waals surface area contributed by atoms with E-state index in [2.05, 4.69) is 20.6 Å². The van der Waals surface area contributed by atoms with Crippen LogP contribution in [0.3, 0.4) is 0 Å². The van der Waals surface area contributed by atoms with E-state index < -0.39 is 23.8 Å². The molecule has 1 fully saturated rings. The quantitative estimate of drug-likeness (QED) is 0.613. The van der Waals surface area contributed by atoms with Gasteiger partial charge in [0.25, 0.3) is 18.2 Å². The lowest BCUT2D eigenvalue weighted by Crippen LogP contribution is -2.41. The van der Waals surface area contributed by atoms with Gasteiger partial charge >= 0.3 is 0 Å². The van der Waals surface area contributed by atoms with Gasteiger partial charge in [-0.2, -0.15) is 0 Å². The molecule has 0 spiro atoms. The van der Waals surface area contributed by atoms with Crippen LogP contribution in [0.1, 0.15) is 48.3 Å².